The lowest BCUT2D eigenvalue weighted by atomic mass is 9.98. The van der Waals surface area contributed by atoms with Crippen LogP contribution in [0, 0.1) is 0 Å². The van der Waals surface area contributed by atoms with Gasteiger partial charge in [-0.15, -0.1) is 0 Å². The molecule has 0 radical (unpaired) electrons. The molecule has 17 heavy (non-hydrogen) atoms. The summed E-state index contributed by atoms with van der Waals surface area (Å²) in [7, 11) is 1.67. The Bertz CT molecular complexity index is 420. The van der Waals surface area contributed by atoms with Crippen LogP contribution in [0.4, 0.5) is 0 Å². The van der Waals surface area contributed by atoms with Crippen LogP contribution in [-0.4, -0.2) is 19.6 Å². The number of allylic oxidation sites excluding steroid dienone is 1. The second-order valence-electron chi connectivity index (χ2n) is 4.12. The Hall–Kier alpha value is -1.77. The van der Waals surface area contributed by atoms with Crippen molar-refractivity contribution >= 4 is 11.5 Å². The maximum atomic E-state index is 11.2. The molecule has 1 aromatic rings. The molecule has 0 aromatic heterocycles. The first-order valence-corrected chi connectivity index (χ1v) is 5.90. The van der Waals surface area contributed by atoms with Gasteiger partial charge in [-0.3, -0.25) is 4.79 Å². The van der Waals surface area contributed by atoms with E-state index in [0.717, 1.165) is 18.6 Å². The molecule has 2 rings (SSSR count). The smallest absolute Gasteiger partial charge is 0.220 e. The Morgan fingerprint density at radius 1 is 1.18 bits per heavy atom. The summed E-state index contributed by atoms with van der Waals surface area (Å²) in [5.41, 5.74) is 2.51. The second kappa shape index (κ2) is 5.53. The molecular formula is C14H17NO2. The predicted molar refractivity (Wildman–Crippen MR) is 67.8 cm³/mol. The van der Waals surface area contributed by atoms with Crippen molar-refractivity contribution in [3.8, 4) is 5.75 Å². The summed E-state index contributed by atoms with van der Waals surface area (Å²) in [5, 5.41) is 2.87. The lowest BCUT2D eigenvalue weighted by Crippen LogP contribution is -2.24. The Morgan fingerprint density at radius 2 is 1.94 bits per heavy atom. The van der Waals surface area contributed by atoms with Gasteiger partial charge in [0.15, 0.2) is 0 Å². The molecule has 3 nitrogen and oxygen atoms in total. The first kappa shape index (κ1) is 11.7. The monoisotopic (exact) mass is 231 g/mol. The lowest BCUT2D eigenvalue weighted by molar-refractivity contribution is -0.120. The SMILES string of the molecule is COc1ccc(/C2=C/CNC(=O)CCC2)cc1. The van der Waals surface area contributed by atoms with E-state index in [2.05, 4.69) is 23.5 Å². The van der Waals surface area contributed by atoms with Gasteiger partial charge in [0.2, 0.25) is 5.91 Å². The molecule has 0 spiro atoms. The zero-order chi connectivity index (χ0) is 12.1. The Balaban J connectivity index is 2.14. The van der Waals surface area contributed by atoms with Crippen LogP contribution >= 0.6 is 0 Å². The van der Waals surface area contributed by atoms with Crippen molar-refractivity contribution in [1.29, 1.82) is 0 Å². The van der Waals surface area contributed by atoms with Gasteiger partial charge < -0.3 is 10.1 Å². The molecule has 3 heteroatoms. The number of ether oxygens (including phenoxy) is 1. The molecule has 90 valence electrons. The zero-order valence-electron chi connectivity index (χ0n) is 10.0. The highest BCUT2D eigenvalue weighted by molar-refractivity contribution is 5.77. The number of methoxy groups -OCH3 is 1. The number of hydrogen-bond donors (Lipinski definition) is 1. The molecule has 0 fully saturated rings. The van der Waals surface area contributed by atoms with Crippen LogP contribution in [0.2, 0.25) is 0 Å². The van der Waals surface area contributed by atoms with Crippen LogP contribution in [-0.2, 0) is 4.79 Å². The number of amides is 1. The second-order valence-corrected chi connectivity index (χ2v) is 4.12. The van der Waals surface area contributed by atoms with Crippen molar-refractivity contribution in [2.45, 2.75) is 19.3 Å². The minimum absolute atomic E-state index is 0.148. The van der Waals surface area contributed by atoms with Crippen LogP contribution in [0.5, 0.6) is 5.75 Å². The molecule has 1 aliphatic heterocycles. The van der Waals surface area contributed by atoms with Crippen LogP contribution in [0.25, 0.3) is 5.57 Å². The van der Waals surface area contributed by atoms with Crippen molar-refractivity contribution in [1.82, 2.24) is 5.32 Å². The molecule has 0 saturated heterocycles. The van der Waals surface area contributed by atoms with E-state index < -0.39 is 0 Å². The van der Waals surface area contributed by atoms with Gasteiger partial charge in [-0.25, -0.2) is 0 Å². The molecule has 0 atom stereocenters. The number of rotatable bonds is 2. The molecule has 1 aromatic carbocycles. The molecule has 1 heterocycles. The average Bonchev–Trinajstić information content (AvgIpc) is 2.34. The van der Waals surface area contributed by atoms with Gasteiger partial charge >= 0.3 is 0 Å². The third kappa shape index (κ3) is 3.09. The topological polar surface area (TPSA) is 38.3 Å². The maximum absolute atomic E-state index is 11.2. The first-order chi connectivity index (χ1) is 8.29. The average molecular weight is 231 g/mol. The quantitative estimate of drug-likeness (QED) is 0.848. The fourth-order valence-corrected chi connectivity index (χ4v) is 1.99. The Labute approximate surface area is 101 Å². The number of hydrogen-bond acceptors (Lipinski definition) is 2. The third-order valence-electron chi connectivity index (χ3n) is 2.96. The van der Waals surface area contributed by atoms with E-state index >= 15 is 0 Å². The maximum Gasteiger partial charge on any atom is 0.220 e. The van der Waals surface area contributed by atoms with E-state index in [0.29, 0.717) is 13.0 Å². The zero-order valence-corrected chi connectivity index (χ0v) is 10.0. The number of nitrogens with one attached hydrogen (secondary N) is 1. The summed E-state index contributed by atoms with van der Waals surface area (Å²) in [6.07, 6.45) is 4.58. The summed E-state index contributed by atoms with van der Waals surface area (Å²) in [6, 6.07) is 8.06. The molecule has 1 N–H and O–H groups in total. The van der Waals surface area contributed by atoms with Gasteiger partial charge in [0, 0.05) is 13.0 Å². The van der Waals surface area contributed by atoms with E-state index in [1.807, 2.05) is 12.1 Å². The lowest BCUT2D eigenvalue weighted by Gasteiger charge is -2.12. The van der Waals surface area contributed by atoms with Gasteiger partial charge in [0.25, 0.3) is 0 Å². The van der Waals surface area contributed by atoms with Gasteiger partial charge in [-0.05, 0) is 36.1 Å². The predicted octanol–water partition coefficient (Wildman–Crippen LogP) is 2.38. The third-order valence-corrected chi connectivity index (χ3v) is 2.96. The normalized spacial score (nSPS) is 19.6. The first-order valence-electron chi connectivity index (χ1n) is 5.90. The summed E-state index contributed by atoms with van der Waals surface area (Å²) in [6.45, 7) is 0.625. The van der Waals surface area contributed by atoms with Crippen LogP contribution in [0.3, 0.4) is 0 Å². The Kier molecular flexibility index (Phi) is 3.81. The molecule has 1 aliphatic rings. The van der Waals surface area contributed by atoms with E-state index in [1.165, 1.54) is 11.1 Å². The van der Waals surface area contributed by atoms with Crippen molar-refractivity contribution in [2.75, 3.05) is 13.7 Å². The van der Waals surface area contributed by atoms with Gasteiger partial charge in [0.1, 0.15) is 5.75 Å². The minimum atomic E-state index is 0.148. The van der Waals surface area contributed by atoms with Gasteiger partial charge in [-0.1, -0.05) is 18.2 Å². The van der Waals surface area contributed by atoms with Crippen molar-refractivity contribution in [3.05, 3.63) is 35.9 Å². The highest BCUT2D eigenvalue weighted by Crippen LogP contribution is 2.23. The summed E-state index contributed by atoms with van der Waals surface area (Å²) >= 11 is 0. The van der Waals surface area contributed by atoms with Crippen molar-refractivity contribution in [2.24, 2.45) is 0 Å². The molecule has 0 bridgehead atoms. The molecule has 1 amide bonds. The summed E-state index contributed by atoms with van der Waals surface area (Å²) in [5.74, 6) is 1.02. The van der Waals surface area contributed by atoms with Gasteiger partial charge in [-0.2, -0.15) is 0 Å². The summed E-state index contributed by atoms with van der Waals surface area (Å²) in [4.78, 5) is 11.2. The van der Waals surface area contributed by atoms with Crippen molar-refractivity contribution in [3.63, 3.8) is 0 Å². The van der Waals surface area contributed by atoms with E-state index in [-0.39, 0.29) is 5.91 Å². The fraction of sp³-hybridized carbons (Fsp3) is 0.357. The largest absolute Gasteiger partial charge is 0.497 e. The number of carbonyl (C=O) groups is 1. The molecular weight excluding hydrogens is 214 g/mol. The Morgan fingerprint density at radius 3 is 2.65 bits per heavy atom. The van der Waals surface area contributed by atoms with E-state index in [4.69, 9.17) is 4.74 Å². The number of benzene rings is 1. The standard InChI is InChI=1S/C14H17NO2/c1-17-13-7-5-12(6-8-13)11-3-2-4-14(16)15-10-9-11/h5-9H,2-4,10H2,1H3,(H,15,16)/b11-9+. The number of carbonyl (C=O) groups excluding carboxylic acids is 1. The van der Waals surface area contributed by atoms with E-state index in [9.17, 15) is 4.79 Å². The van der Waals surface area contributed by atoms with E-state index in [1.54, 1.807) is 7.11 Å². The highest BCUT2D eigenvalue weighted by atomic mass is 16.5. The van der Waals surface area contributed by atoms with Crippen molar-refractivity contribution < 1.29 is 9.53 Å². The van der Waals surface area contributed by atoms with Crippen LogP contribution in [0.1, 0.15) is 24.8 Å². The molecule has 0 aliphatic carbocycles. The minimum Gasteiger partial charge on any atom is -0.497 e. The fourth-order valence-electron chi connectivity index (χ4n) is 1.99. The highest BCUT2D eigenvalue weighted by Gasteiger charge is 2.08. The van der Waals surface area contributed by atoms with Gasteiger partial charge in [0.05, 0.1) is 7.11 Å². The summed E-state index contributed by atoms with van der Waals surface area (Å²) < 4.78 is 5.14. The molecule has 0 unspecified atom stereocenters. The molecule has 0 saturated carbocycles. The van der Waals surface area contributed by atoms with Crippen LogP contribution in [0.15, 0.2) is 30.3 Å². The van der Waals surface area contributed by atoms with Crippen LogP contribution < -0.4 is 10.1 Å².